The molecule has 0 spiro atoms. The minimum Gasteiger partial charge on any atom is -0.508 e. The number of carbonyl (C=O) groups excluding carboxylic acids is 3. The molecule has 0 bridgehead atoms. The molecule has 124 valence electrons. The molecule has 1 aliphatic rings. The zero-order chi connectivity index (χ0) is 16.8. The first-order chi connectivity index (χ1) is 11.0. The highest BCUT2D eigenvalue weighted by Crippen LogP contribution is 2.19. The molecule has 23 heavy (non-hydrogen) atoms. The second-order valence-corrected chi connectivity index (χ2v) is 5.35. The third kappa shape index (κ3) is 4.45. The Kier molecular flexibility index (Phi) is 5.56. The van der Waals surface area contributed by atoms with E-state index in [1.54, 1.807) is 19.1 Å². The molecule has 1 heterocycles. The van der Waals surface area contributed by atoms with E-state index in [4.69, 9.17) is 4.74 Å². The molecule has 7 nitrogen and oxygen atoms in total. The first-order valence-corrected chi connectivity index (χ1v) is 7.57. The standard InChI is InChI=1S/C16H20N2O5/c1-2-23-16(22)11-5-4-8-18(10-11)15(21)14(20)17-12-6-3-7-13(19)9-12/h3,6-7,9,11,19H,2,4-5,8,10H2,1H3,(H,17,20). The van der Waals surface area contributed by atoms with E-state index in [9.17, 15) is 19.5 Å². The fourth-order valence-corrected chi connectivity index (χ4v) is 2.53. The molecule has 0 radical (unpaired) electrons. The van der Waals surface area contributed by atoms with Crippen LogP contribution < -0.4 is 5.32 Å². The van der Waals surface area contributed by atoms with Crippen molar-refractivity contribution in [3.8, 4) is 5.75 Å². The number of anilines is 1. The Morgan fingerprint density at radius 1 is 1.39 bits per heavy atom. The summed E-state index contributed by atoms with van der Waals surface area (Å²) in [7, 11) is 0. The highest BCUT2D eigenvalue weighted by Gasteiger charge is 2.31. The largest absolute Gasteiger partial charge is 0.508 e. The fraction of sp³-hybridized carbons (Fsp3) is 0.438. The molecular formula is C16H20N2O5. The maximum absolute atomic E-state index is 12.2. The first kappa shape index (κ1) is 16.8. The minimum absolute atomic E-state index is 0.00408. The van der Waals surface area contributed by atoms with Gasteiger partial charge < -0.3 is 20.1 Å². The monoisotopic (exact) mass is 320 g/mol. The Bertz CT molecular complexity index is 602. The normalized spacial score (nSPS) is 17.4. The number of hydrogen-bond acceptors (Lipinski definition) is 5. The topological polar surface area (TPSA) is 95.9 Å². The van der Waals surface area contributed by atoms with Crippen LogP contribution in [0.4, 0.5) is 5.69 Å². The molecule has 0 aromatic heterocycles. The number of piperidine rings is 1. The number of ether oxygens (including phenoxy) is 1. The van der Waals surface area contributed by atoms with E-state index in [0.29, 0.717) is 31.7 Å². The van der Waals surface area contributed by atoms with Crippen molar-refractivity contribution in [3.05, 3.63) is 24.3 Å². The molecule has 2 amide bonds. The van der Waals surface area contributed by atoms with Crippen molar-refractivity contribution in [2.24, 2.45) is 5.92 Å². The maximum Gasteiger partial charge on any atom is 0.313 e. The lowest BCUT2D eigenvalue weighted by Crippen LogP contribution is -2.47. The van der Waals surface area contributed by atoms with Crippen molar-refractivity contribution >= 4 is 23.5 Å². The zero-order valence-corrected chi connectivity index (χ0v) is 12.9. The first-order valence-electron chi connectivity index (χ1n) is 7.57. The van der Waals surface area contributed by atoms with Crippen LogP contribution in [-0.2, 0) is 19.1 Å². The van der Waals surface area contributed by atoms with E-state index in [-0.39, 0.29) is 24.2 Å². The van der Waals surface area contributed by atoms with Crippen LogP contribution in [0.1, 0.15) is 19.8 Å². The lowest BCUT2D eigenvalue weighted by molar-refractivity contribution is -0.153. The summed E-state index contributed by atoms with van der Waals surface area (Å²) in [6.45, 7) is 2.64. The average Bonchev–Trinajstić information content (AvgIpc) is 2.54. The SMILES string of the molecule is CCOC(=O)C1CCCN(C(=O)C(=O)Nc2cccc(O)c2)C1. The van der Waals surface area contributed by atoms with Gasteiger partial charge in [-0.05, 0) is 31.9 Å². The third-order valence-electron chi connectivity index (χ3n) is 3.63. The van der Waals surface area contributed by atoms with Gasteiger partial charge in [-0.1, -0.05) is 6.07 Å². The van der Waals surface area contributed by atoms with Crippen molar-refractivity contribution in [1.29, 1.82) is 0 Å². The molecule has 0 saturated carbocycles. The number of benzene rings is 1. The van der Waals surface area contributed by atoms with Crippen molar-refractivity contribution in [2.45, 2.75) is 19.8 Å². The van der Waals surface area contributed by atoms with Crippen LogP contribution in [0.5, 0.6) is 5.75 Å². The summed E-state index contributed by atoms with van der Waals surface area (Å²) in [4.78, 5) is 37.4. The quantitative estimate of drug-likeness (QED) is 0.643. The van der Waals surface area contributed by atoms with Gasteiger partial charge in [0, 0.05) is 24.8 Å². The molecule has 1 atom stereocenters. The Hall–Kier alpha value is -2.57. The molecule has 7 heteroatoms. The van der Waals surface area contributed by atoms with Gasteiger partial charge >= 0.3 is 17.8 Å². The Balaban J connectivity index is 1.96. The van der Waals surface area contributed by atoms with E-state index in [2.05, 4.69) is 5.32 Å². The lowest BCUT2D eigenvalue weighted by Gasteiger charge is -2.30. The molecule has 1 aromatic carbocycles. The van der Waals surface area contributed by atoms with Crippen LogP contribution in [0.15, 0.2) is 24.3 Å². The summed E-state index contributed by atoms with van der Waals surface area (Å²) in [5.41, 5.74) is 0.335. The number of phenols is 1. The molecular weight excluding hydrogens is 300 g/mol. The van der Waals surface area contributed by atoms with Gasteiger partial charge in [0.1, 0.15) is 5.75 Å². The van der Waals surface area contributed by atoms with Gasteiger partial charge in [-0.15, -0.1) is 0 Å². The second-order valence-electron chi connectivity index (χ2n) is 5.35. The summed E-state index contributed by atoms with van der Waals surface area (Å²) in [5.74, 6) is -2.21. The number of phenolic OH excluding ortho intramolecular Hbond substituents is 1. The number of amides is 2. The zero-order valence-electron chi connectivity index (χ0n) is 12.9. The van der Waals surface area contributed by atoms with Crippen LogP contribution in [-0.4, -0.2) is 47.5 Å². The van der Waals surface area contributed by atoms with E-state index in [1.807, 2.05) is 0 Å². The van der Waals surface area contributed by atoms with Crippen LogP contribution in [0.3, 0.4) is 0 Å². The van der Waals surface area contributed by atoms with E-state index < -0.39 is 11.8 Å². The summed E-state index contributed by atoms with van der Waals surface area (Å²) in [6, 6.07) is 5.95. The van der Waals surface area contributed by atoms with Gasteiger partial charge in [-0.25, -0.2) is 0 Å². The molecule has 1 aromatic rings. The predicted molar refractivity (Wildman–Crippen MR) is 82.7 cm³/mol. The molecule has 2 rings (SSSR count). The molecule has 1 saturated heterocycles. The van der Waals surface area contributed by atoms with Crippen LogP contribution in [0.2, 0.25) is 0 Å². The molecule has 1 unspecified atom stereocenters. The van der Waals surface area contributed by atoms with E-state index >= 15 is 0 Å². The van der Waals surface area contributed by atoms with Gasteiger partial charge in [0.2, 0.25) is 0 Å². The van der Waals surface area contributed by atoms with Crippen LogP contribution in [0.25, 0.3) is 0 Å². The predicted octanol–water partition coefficient (Wildman–Crippen LogP) is 1.13. The average molecular weight is 320 g/mol. The van der Waals surface area contributed by atoms with Gasteiger partial charge in [0.05, 0.1) is 12.5 Å². The Morgan fingerprint density at radius 3 is 2.87 bits per heavy atom. The highest BCUT2D eigenvalue weighted by atomic mass is 16.5. The van der Waals surface area contributed by atoms with Gasteiger partial charge in [-0.3, -0.25) is 14.4 Å². The number of hydrogen-bond donors (Lipinski definition) is 2. The van der Waals surface area contributed by atoms with E-state index in [1.165, 1.54) is 17.0 Å². The summed E-state index contributed by atoms with van der Waals surface area (Å²) >= 11 is 0. The summed E-state index contributed by atoms with van der Waals surface area (Å²) < 4.78 is 4.97. The number of likely N-dealkylation sites (tertiary alicyclic amines) is 1. The smallest absolute Gasteiger partial charge is 0.313 e. The number of carbonyl (C=O) groups is 3. The van der Waals surface area contributed by atoms with Crippen molar-refractivity contribution in [2.75, 3.05) is 25.0 Å². The van der Waals surface area contributed by atoms with Gasteiger partial charge in [0.15, 0.2) is 0 Å². The van der Waals surface area contributed by atoms with Gasteiger partial charge in [-0.2, -0.15) is 0 Å². The Labute approximate surface area is 134 Å². The molecule has 1 aliphatic heterocycles. The van der Waals surface area contributed by atoms with Gasteiger partial charge in [0.25, 0.3) is 0 Å². The van der Waals surface area contributed by atoms with Crippen molar-refractivity contribution in [1.82, 2.24) is 4.90 Å². The number of nitrogens with one attached hydrogen (secondary N) is 1. The molecule has 2 N–H and O–H groups in total. The number of esters is 1. The van der Waals surface area contributed by atoms with Crippen molar-refractivity contribution < 1.29 is 24.2 Å². The molecule has 1 fully saturated rings. The van der Waals surface area contributed by atoms with Crippen LogP contribution >= 0.6 is 0 Å². The number of rotatable bonds is 3. The molecule has 0 aliphatic carbocycles. The lowest BCUT2D eigenvalue weighted by atomic mass is 9.98. The summed E-state index contributed by atoms with van der Waals surface area (Å²) in [5, 5.41) is 11.8. The fourth-order valence-electron chi connectivity index (χ4n) is 2.53. The number of aromatic hydroxyl groups is 1. The van der Waals surface area contributed by atoms with Crippen molar-refractivity contribution in [3.63, 3.8) is 0 Å². The second kappa shape index (κ2) is 7.62. The number of nitrogens with zero attached hydrogens (tertiary/aromatic N) is 1. The van der Waals surface area contributed by atoms with E-state index in [0.717, 1.165) is 0 Å². The summed E-state index contributed by atoms with van der Waals surface area (Å²) in [6.07, 6.45) is 1.30. The third-order valence-corrected chi connectivity index (χ3v) is 3.63. The van der Waals surface area contributed by atoms with Crippen LogP contribution in [0, 0.1) is 5.92 Å². The minimum atomic E-state index is -0.792. The highest BCUT2D eigenvalue weighted by molar-refractivity contribution is 6.39. The maximum atomic E-state index is 12.2. The Morgan fingerprint density at radius 2 is 2.17 bits per heavy atom.